The highest BCUT2D eigenvalue weighted by Gasteiger charge is 2.22. The van der Waals surface area contributed by atoms with Gasteiger partial charge < -0.3 is 15.8 Å². The first-order valence-corrected chi connectivity index (χ1v) is 3.97. The molecule has 0 fully saturated rings. The van der Waals surface area contributed by atoms with Gasteiger partial charge in [-0.25, -0.2) is 0 Å². The Hall–Kier alpha value is -1.71. The van der Waals surface area contributed by atoms with Crippen molar-refractivity contribution in [1.82, 2.24) is 0 Å². The van der Waals surface area contributed by atoms with Crippen LogP contribution in [0.5, 0.6) is 5.75 Å². The number of primary amides is 1. The van der Waals surface area contributed by atoms with Crippen molar-refractivity contribution in [3.63, 3.8) is 0 Å². The summed E-state index contributed by atoms with van der Waals surface area (Å²) < 4.78 is 5.34. The predicted molar refractivity (Wildman–Crippen MR) is 47.4 cm³/mol. The Labute approximate surface area is 75.7 Å². The molecule has 0 saturated heterocycles. The number of benzene rings is 1. The SMILES string of the molecule is NC(=O)C1CNc2c[c]ccc2O1. The van der Waals surface area contributed by atoms with Crippen molar-refractivity contribution < 1.29 is 9.53 Å². The minimum atomic E-state index is -0.574. The highest BCUT2D eigenvalue weighted by atomic mass is 16.5. The lowest BCUT2D eigenvalue weighted by atomic mass is 10.2. The first kappa shape index (κ1) is 7.91. The highest BCUT2D eigenvalue weighted by molar-refractivity contribution is 5.81. The number of hydrogen-bond donors (Lipinski definition) is 2. The topological polar surface area (TPSA) is 64.4 Å². The first-order chi connectivity index (χ1) is 6.27. The number of anilines is 1. The molecule has 3 N–H and O–H groups in total. The Balaban J connectivity index is 2.24. The lowest BCUT2D eigenvalue weighted by molar-refractivity contribution is -0.124. The number of carbonyl (C=O) groups is 1. The van der Waals surface area contributed by atoms with E-state index in [4.69, 9.17) is 10.5 Å². The van der Waals surface area contributed by atoms with Gasteiger partial charge in [0.15, 0.2) is 6.10 Å². The molecule has 0 bridgehead atoms. The average Bonchev–Trinajstić information content (AvgIpc) is 2.17. The third-order valence-corrected chi connectivity index (χ3v) is 1.89. The molecular weight excluding hydrogens is 168 g/mol. The van der Waals surface area contributed by atoms with Crippen LogP contribution >= 0.6 is 0 Å². The van der Waals surface area contributed by atoms with Crippen LogP contribution in [0.2, 0.25) is 0 Å². The maximum atomic E-state index is 10.8. The molecule has 1 heterocycles. The molecule has 1 aromatic carbocycles. The zero-order valence-corrected chi connectivity index (χ0v) is 6.91. The van der Waals surface area contributed by atoms with Crippen LogP contribution in [0, 0.1) is 6.07 Å². The quantitative estimate of drug-likeness (QED) is 0.641. The molecule has 0 saturated carbocycles. The van der Waals surface area contributed by atoms with Crippen molar-refractivity contribution in [2.24, 2.45) is 5.73 Å². The summed E-state index contributed by atoms with van der Waals surface area (Å²) >= 11 is 0. The van der Waals surface area contributed by atoms with E-state index in [0.717, 1.165) is 5.69 Å². The van der Waals surface area contributed by atoms with E-state index in [9.17, 15) is 4.79 Å². The smallest absolute Gasteiger partial charge is 0.260 e. The van der Waals surface area contributed by atoms with E-state index in [2.05, 4.69) is 11.4 Å². The summed E-state index contributed by atoms with van der Waals surface area (Å²) in [6.45, 7) is 0.417. The molecule has 1 unspecified atom stereocenters. The molecule has 4 heteroatoms. The van der Waals surface area contributed by atoms with Gasteiger partial charge in [0.25, 0.3) is 5.91 Å². The average molecular weight is 177 g/mol. The fourth-order valence-corrected chi connectivity index (χ4v) is 1.21. The summed E-state index contributed by atoms with van der Waals surface area (Å²) in [4.78, 5) is 10.8. The van der Waals surface area contributed by atoms with Crippen molar-refractivity contribution in [3.8, 4) is 5.75 Å². The summed E-state index contributed by atoms with van der Waals surface area (Å²) in [6, 6.07) is 8.15. The van der Waals surface area contributed by atoms with Gasteiger partial charge in [0.2, 0.25) is 0 Å². The number of carbonyl (C=O) groups excluding carboxylic acids is 1. The van der Waals surface area contributed by atoms with Crippen LogP contribution in [0.25, 0.3) is 0 Å². The Kier molecular flexibility index (Phi) is 1.81. The van der Waals surface area contributed by atoms with Gasteiger partial charge in [-0.1, -0.05) is 6.07 Å². The number of nitrogens with two attached hydrogens (primary N) is 1. The normalized spacial score (nSPS) is 19.5. The minimum absolute atomic E-state index is 0.417. The molecule has 1 aromatic rings. The molecule has 67 valence electrons. The van der Waals surface area contributed by atoms with Gasteiger partial charge in [0.1, 0.15) is 5.75 Å². The van der Waals surface area contributed by atoms with Crippen LogP contribution in [0.4, 0.5) is 5.69 Å². The summed E-state index contributed by atoms with van der Waals surface area (Å²) in [5, 5.41) is 3.04. The zero-order chi connectivity index (χ0) is 9.26. The van der Waals surface area contributed by atoms with Crippen LogP contribution < -0.4 is 15.8 Å². The van der Waals surface area contributed by atoms with Crippen LogP contribution in [0.1, 0.15) is 0 Å². The van der Waals surface area contributed by atoms with Gasteiger partial charge in [-0.15, -0.1) is 0 Å². The standard InChI is InChI=1S/C9H9N2O2/c10-9(12)8-5-11-6-3-1-2-4-7(6)13-8/h2-4,8,11H,5H2,(H2,10,12). The molecule has 1 radical (unpaired) electrons. The molecule has 2 rings (SSSR count). The van der Waals surface area contributed by atoms with Gasteiger partial charge in [-0.3, -0.25) is 4.79 Å². The minimum Gasteiger partial charge on any atom is -0.477 e. The second kappa shape index (κ2) is 2.97. The van der Waals surface area contributed by atoms with Crippen LogP contribution in [-0.2, 0) is 4.79 Å². The third-order valence-electron chi connectivity index (χ3n) is 1.89. The van der Waals surface area contributed by atoms with E-state index in [1.807, 2.05) is 0 Å². The molecular formula is C9H9N2O2. The molecule has 13 heavy (non-hydrogen) atoms. The number of rotatable bonds is 1. The molecule has 1 aliphatic rings. The molecule has 0 aliphatic carbocycles. The summed E-state index contributed by atoms with van der Waals surface area (Å²) in [6.07, 6.45) is -0.574. The van der Waals surface area contributed by atoms with Crippen molar-refractivity contribution >= 4 is 11.6 Å². The Bertz CT molecular complexity index is 338. The number of fused-ring (bicyclic) bond motifs is 1. The zero-order valence-electron chi connectivity index (χ0n) is 6.91. The summed E-state index contributed by atoms with van der Waals surface area (Å²) in [7, 11) is 0. The lowest BCUT2D eigenvalue weighted by Gasteiger charge is -2.24. The number of amides is 1. The van der Waals surface area contributed by atoms with E-state index in [0.29, 0.717) is 12.3 Å². The van der Waals surface area contributed by atoms with E-state index in [1.165, 1.54) is 0 Å². The van der Waals surface area contributed by atoms with Gasteiger partial charge >= 0.3 is 0 Å². The lowest BCUT2D eigenvalue weighted by Crippen LogP contribution is -2.41. The molecule has 0 aromatic heterocycles. The summed E-state index contributed by atoms with van der Waals surface area (Å²) in [5.74, 6) is 0.194. The Morgan fingerprint density at radius 1 is 1.77 bits per heavy atom. The largest absolute Gasteiger partial charge is 0.477 e. The summed E-state index contributed by atoms with van der Waals surface area (Å²) in [5.41, 5.74) is 5.96. The maximum Gasteiger partial charge on any atom is 0.260 e. The first-order valence-electron chi connectivity index (χ1n) is 3.97. The molecule has 1 atom stereocenters. The van der Waals surface area contributed by atoms with Crippen LogP contribution in [0.15, 0.2) is 18.2 Å². The number of nitrogens with one attached hydrogen (secondary N) is 1. The second-order valence-corrected chi connectivity index (χ2v) is 2.81. The van der Waals surface area contributed by atoms with Gasteiger partial charge in [0, 0.05) is 0 Å². The number of ether oxygens (including phenoxy) is 1. The van der Waals surface area contributed by atoms with E-state index >= 15 is 0 Å². The Morgan fingerprint density at radius 2 is 2.62 bits per heavy atom. The van der Waals surface area contributed by atoms with E-state index in [1.54, 1.807) is 18.2 Å². The monoisotopic (exact) mass is 177 g/mol. The van der Waals surface area contributed by atoms with Gasteiger partial charge in [-0.2, -0.15) is 0 Å². The van der Waals surface area contributed by atoms with Gasteiger partial charge in [-0.05, 0) is 18.2 Å². The molecule has 0 spiro atoms. The fourth-order valence-electron chi connectivity index (χ4n) is 1.21. The van der Waals surface area contributed by atoms with Crippen molar-refractivity contribution in [2.75, 3.05) is 11.9 Å². The van der Waals surface area contributed by atoms with Crippen LogP contribution in [-0.4, -0.2) is 18.6 Å². The van der Waals surface area contributed by atoms with Gasteiger partial charge in [0.05, 0.1) is 12.2 Å². The molecule has 1 amide bonds. The fraction of sp³-hybridized carbons (Fsp3) is 0.222. The third kappa shape index (κ3) is 1.42. The van der Waals surface area contributed by atoms with Crippen LogP contribution in [0.3, 0.4) is 0 Å². The predicted octanol–water partition coefficient (Wildman–Crippen LogP) is 0.145. The Morgan fingerprint density at radius 3 is 3.38 bits per heavy atom. The second-order valence-electron chi connectivity index (χ2n) is 2.81. The molecule has 1 aliphatic heterocycles. The van der Waals surface area contributed by atoms with E-state index in [-0.39, 0.29) is 0 Å². The van der Waals surface area contributed by atoms with Crippen molar-refractivity contribution in [2.45, 2.75) is 6.10 Å². The molecule has 4 nitrogen and oxygen atoms in total. The van der Waals surface area contributed by atoms with Crippen molar-refractivity contribution in [3.05, 3.63) is 24.3 Å². The number of hydrogen-bond acceptors (Lipinski definition) is 3. The van der Waals surface area contributed by atoms with Crippen molar-refractivity contribution in [1.29, 1.82) is 0 Å². The maximum absolute atomic E-state index is 10.8. The highest BCUT2D eigenvalue weighted by Crippen LogP contribution is 2.27. The van der Waals surface area contributed by atoms with E-state index < -0.39 is 12.0 Å².